The van der Waals surface area contributed by atoms with E-state index < -0.39 is 0 Å². The van der Waals surface area contributed by atoms with Crippen molar-refractivity contribution in [2.45, 2.75) is 12.3 Å². The van der Waals surface area contributed by atoms with E-state index in [4.69, 9.17) is 14.2 Å². The molecule has 118 valence electrons. The number of hydrogen-bond acceptors (Lipinski definition) is 5. The summed E-state index contributed by atoms with van der Waals surface area (Å²) in [6.07, 6.45) is 0.963. The van der Waals surface area contributed by atoms with Crippen molar-refractivity contribution >= 4 is 5.71 Å². The zero-order valence-corrected chi connectivity index (χ0v) is 12.7. The number of oxime groups is 1. The van der Waals surface area contributed by atoms with E-state index in [0.717, 1.165) is 34.9 Å². The van der Waals surface area contributed by atoms with Crippen LogP contribution in [0, 0.1) is 5.92 Å². The standard InChI is InChI=1S/C18H17NO4/c1-21-13-5-2-11(3-6-13)18(19-20)15-9-14(15)12-4-7-16-17(8-12)23-10-22-16/h2-8,14-15,20H,9-10H2,1H3/b19-18+/t14-,15+/m1/s1. The molecule has 0 spiro atoms. The molecule has 2 aliphatic rings. The highest BCUT2D eigenvalue weighted by atomic mass is 16.7. The average Bonchev–Trinajstić information content (AvgIpc) is 3.23. The van der Waals surface area contributed by atoms with Crippen LogP contribution in [0.1, 0.15) is 23.5 Å². The van der Waals surface area contributed by atoms with Gasteiger partial charge in [0.05, 0.1) is 12.8 Å². The lowest BCUT2D eigenvalue weighted by molar-refractivity contribution is 0.174. The number of benzene rings is 2. The number of fused-ring (bicyclic) bond motifs is 1. The lowest BCUT2D eigenvalue weighted by atomic mass is 10.0. The van der Waals surface area contributed by atoms with E-state index >= 15 is 0 Å². The number of nitrogens with zero attached hydrogens (tertiary/aromatic N) is 1. The summed E-state index contributed by atoms with van der Waals surface area (Å²) < 4.78 is 15.9. The topological polar surface area (TPSA) is 60.3 Å². The van der Waals surface area contributed by atoms with Crippen LogP contribution < -0.4 is 14.2 Å². The van der Waals surface area contributed by atoms with Gasteiger partial charge < -0.3 is 19.4 Å². The third-order valence-electron chi connectivity index (χ3n) is 4.46. The van der Waals surface area contributed by atoms with Crippen LogP contribution in [0.4, 0.5) is 0 Å². The molecule has 0 bridgehead atoms. The second-order valence-corrected chi connectivity index (χ2v) is 5.78. The fourth-order valence-electron chi connectivity index (χ4n) is 3.12. The molecule has 0 unspecified atom stereocenters. The van der Waals surface area contributed by atoms with Gasteiger partial charge in [-0.05, 0) is 59.9 Å². The van der Waals surface area contributed by atoms with Gasteiger partial charge in [0.1, 0.15) is 5.75 Å². The van der Waals surface area contributed by atoms with Gasteiger partial charge in [0.2, 0.25) is 6.79 Å². The summed E-state index contributed by atoms with van der Waals surface area (Å²) in [6, 6.07) is 13.6. The zero-order valence-electron chi connectivity index (χ0n) is 12.7. The Bertz CT molecular complexity index is 754. The molecule has 5 nitrogen and oxygen atoms in total. The van der Waals surface area contributed by atoms with Gasteiger partial charge in [-0.2, -0.15) is 0 Å². The van der Waals surface area contributed by atoms with Crippen molar-refractivity contribution in [3.63, 3.8) is 0 Å². The van der Waals surface area contributed by atoms with Crippen LogP contribution in [-0.4, -0.2) is 24.8 Å². The van der Waals surface area contributed by atoms with E-state index in [0.29, 0.717) is 5.92 Å². The van der Waals surface area contributed by atoms with Crippen molar-refractivity contribution in [2.24, 2.45) is 11.1 Å². The fourth-order valence-corrected chi connectivity index (χ4v) is 3.12. The smallest absolute Gasteiger partial charge is 0.231 e. The third-order valence-corrected chi connectivity index (χ3v) is 4.46. The quantitative estimate of drug-likeness (QED) is 0.534. The molecule has 2 atom stereocenters. The average molecular weight is 311 g/mol. The molecule has 1 N–H and O–H groups in total. The first-order valence-electron chi connectivity index (χ1n) is 7.56. The van der Waals surface area contributed by atoms with Gasteiger partial charge in [-0.15, -0.1) is 0 Å². The third kappa shape index (κ3) is 2.48. The Morgan fingerprint density at radius 3 is 2.65 bits per heavy atom. The molecule has 23 heavy (non-hydrogen) atoms. The zero-order chi connectivity index (χ0) is 15.8. The molecule has 1 fully saturated rings. The normalized spacial score (nSPS) is 22.0. The monoisotopic (exact) mass is 311 g/mol. The highest BCUT2D eigenvalue weighted by Gasteiger charge is 2.43. The van der Waals surface area contributed by atoms with Crippen molar-refractivity contribution in [3.05, 3.63) is 53.6 Å². The predicted molar refractivity (Wildman–Crippen MR) is 84.7 cm³/mol. The maximum Gasteiger partial charge on any atom is 0.231 e. The van der Waals surface area contributed by atoms with Gasteiger partial charge in [0, 0.05) is 5.92 Å². The Morgan fingerprint density at radius 1 is 1.13 bits per heavy atom. The van der Waals surface area contributed by atoms with Crippen LogP contribution in [0.5, 0.6) is 17.2 Å². The molecule has 1 aliphatic heterocycles. The molecule has 4 rings (SSSR count). The minimum absolute atomic E-state index is 0.216. The summed E-state index contributed by atoms with van der Waals surface area (Å²) in [5.74, 6) is 2.93. The first-order valence-corrected chi connectivity index (χ1v) is 7.56. The van der Waals surface area contributed by atoms with Crippen molar-refractivity contribution in [2.75, 3.05) is 13.9 Å². The molecular formula is C18H17NO4. The molecular weight excluding hydrogens is 294 g/mol. The van der Waals surface area contributed by atoms with Crippen molar-refractivity contribution in [3.8, 4) is 17.2 Å². The molecule has 0 amide bonds. The lowest BCUT2D eigenvalue weighted by Crippen LogP contribution is -2.05. The highest BCUT2D eigenvalue weighted by Crippen LogP contribution is 2.51. The van der Waals surface area contributed by atoms with E-state index in [1.165, 1.54) is 5.56 Å². The van der Waals surface area contributed by atoms with Gasteiger partial charge >= 0.3 is 0 Å². The van der Waals surface area contributed by atoms with Crippen LogP contribution >= 0.6 is 0 Å². The summed E-state index contributed by atoms with van der Waals surface area (Å²) in [5, 5.41) is 13.0. The number of methoxy groups -OCH3 is 1. The SMILES string of the molecule is COc1ccc(/C(=N\O)[C@H]2C[C@@H]2c2ccc3c(c2)OCO3)cc1. The summed E-state index contributed by atoms with van der Waals surface area (Å²) in [5.41, 5.74) is 2.82. The molecule has 2 aromatic carbocycles. The first-order chi connectivity index (χ1) is 11.3. The van der Waals surface area contributed by atoms with Crippen LogP contribution in [0.2, 0.25) is 0 Å². The van der Waals surface area contributed by atoms with Gasteiger partial charge in [0.15, 0.2) is 11.5 Å². The summed E-state index contributed by atoms with van der Waals surface area (Å²) in [7, 11) is 1.63. The second-order valence-electron chi connectivity index (χ2n) is 5.78. The Balaban J connectivity index is 1.54. The second kappa shape index (κ2) is 5.50. The van der Waals surface area contributed by atoms with Crippen molar-refractivity contribution in [1.82, 2.24) is 0 Å². The number of rotatable bonds is 4. The maximum absolute atomic E-state index is 9.45. The van der Waals surface area contributed by atoms with E-state index in [9.17, 15) is 5.21 Å². The molecule has 0 aromatic heterocycles. The van der Waals surface area contributed by atoms with Gasteiger partial charge in [-0.25, -0.2) is 0 Å². The number of ether oxygens (including phenoxy) is 3. The van der Waals surface area contributed by atoms with Crippen molar-refractivity contribution < 1.29 is 19.4 Å². The highest BCUT2D eigenvalue weighted by molar-refractivity contribution is 6.04. The molecule has 0 saturated heterocycles. The summed E-state index contributed by atoms with van der Waals surface area (Å²) in [4.78, 5) is 0. The van der Waals surface area contributed by atoms with E-state index in [1.54, 1.807) is 7.11 Å². The molecule has 2 aromatic rings. The first kappa shape index (κ1) is 13.9. The minimum Gasteiger partial charge on any atom is -0.497 e. The Labute approximate surface area is 134 Å². The van der Waals surface area contributed by atoms with E-state index in [1.807, 2.05) is 36.4 Å². The molecule has 1 heterocycles. The number of hydrogen-bond donors (Lipinski definition) is 1. The van der Waals surface area contributed by atoms with Crippen LogP contribution in [-0.2, 0) is 0 Å². The minimum atomic E-state index is 0.216. The van der Waals surface area contributed by atoms with Gasteiger partial charge in [-0.1, -0.05) is 11.2 Å². The Morgan fingerprint density at radius 2 is 1.91 bits per heavy atom. The van der Waals surface area contributed by atoms with Crippen molar-refractivity contribution in [1.29, 1.82) is 0 Å². The molecule has 5 heteroatoms. The van der Waals surface area contributed by atoms with Crippen LogP contribution in [0.15, 0.2) is 47.6 Å². The summed E-state index contributed by atoms with van der Waals surface area (Å²) >= 11 is 0. The van der Waals surface area contributed by atoms with Crippen LogP contribution in [0.25, 0.3) is 0 Å². The Hall–Kier alpha value is -2.69. The fraction of sp³-hybridized carbons (Fsp3) is 0.278. The lowest BCUT2D eigenvalue weighted by Gasteiger charge is -2.06. The summed E-state index contributed by atoms with van der Waals surface area (Å²) in [6.45, 7) is 0.280. The van der Waals surface area contributed by atoms with Gasteiger partial charge in [0.25, 0.3) is 0 Å². The maximum atomic E-state index is 9.45. The Kier molecular flexibility index (Phi) is 3.33. The van der Waals surface area contributed by atoms with Crippen LogP contribution in [0.3, 0.4) is 0 Å². The largest absolute Gasteiger partial charge is 0.497 e. The van der Waals surface area contributed by atoms with E-state index in [2.05, 4.69) is 11.2 Å². The predicted octanol–water partition coefficient (Wildman–Crippen LogP) is 3.41. The molecule has 1 aliphatic carbocycles. The molecule has 1 saturated carbocycles. The van der Waals surface area contributed by atoms with E-state index in [-0.39, 0.29) is 12.7 Å². The molecule has 0 radical (unpaired) electrons. The van der Waals surface area contributed by atoms with Gasteiger partial charge in [-0.3, -0.25) is 0 Å².